The molecule has 0 radical (unpaired) electrons. The van der Waals surface area contributed by atoms with Gasteiger partial charge in [-0.3, -0.25) is 4.79 Å². The number of aliphatic hydroxyl groups excluding tert-OH is 2. The zero-order chi connectivity index (χ0) is 20.7. The van der Waals surface area contributed by atoms with Crippen LogP contribution in [0.2, 0.25) is 0 Å². The van der Waals surface area contributed by atoms with Crippen molar-refractivity contribution >= 4 is 5.97 Å². The van der Waals surface area contributed by atoms with E-state index >= 15 is 0 Å². The molecule has 0 aliphatic carbocycles. The highest BCUT2D eigenvalue weighted by molar-refractivity contribution is 5.78. The van der Waals surface area contributed by atoms with E-state index in [2.05, 4.69) is 6.92 Å². The molecule has 0 aliphatic rings. The summed E-state index contributed by atoms with van der Waals surface area (Å²) in [7, 11) is 0. The number of hydrogen-bond acceptors (Lipinski definition) is 5. The molecule has 0 saturated carbocycles. The van der Waals surface area contributed by atoms with Gasteiger partial charge in [0.1, 0.15) is 5.75 Å². The van der Waals surface area contributed by atoms with Crippen molar-refractivity contribution < 1.29 is 25.0 Å². The molecule has 6 nitrogen and oxygen atoms in total. The molecule has 0 aliphatic heterocycles. The Morgan fingerprint density at radius 1 is 0.929 bits per heavy atom. The lowest BCUT2D eigenvalue weighted by molar-refractivity contribution is -0.191. The maximum atomic E-state index is 12.1. The summed E-state index contributed by atoms with van der Waals surface area (Å²) >= 11 is 0. The Morgan fingerprint density at radius 3 is 1.96 bits per heavy atom. The SMILES string of the molecule is CCCCCCCCCCN(Oc1ccccc1)C(CCO)(CCO)C(=O)O. The van der Waals surface area contributed by atoms with E-state index in [4.69, 9.17) is 4.84 Å². The molecular weight excluding hydrogens is 358 g/mol. The number of para-hydroxylation sites is 1. The number of carboxylic acids is 1. The molecule has 0 unspecified atom stereocenters. The number of aliphatic carboxylic acids is 1. The average molecular weight is 396 g/mol. The topological polar surface area (TPSA) is 90.2 Å². The Labute approximate surface area is 169 Å². The van der Waals surface area contributed by atoms with Gasteiger partial charge in [-0.25, -0.2) is 0 Å². The van der Waals surface area contributed by atoms with Gasteiger partial charge >= 0.3 is 5.97 Å². The van der Waals surface area contributed by atoms with Crippen LogP contribution < -0.4 is 4.84 Å². The van der Waals surface area contributed by atoms with Crippen LogP contribution in [-0.4, -0.2) is 51.6 Å². The lowest BCUT2D eigenvalue weighted by atomic mass is 9.91. The number of nitrogens with zero attached hydrogens (tertiary/aromatic N) is 1. The molecule has 0 aromatic heterocycles. The third-order valence-electron chi connectivity index (χ3n) is 5.10. The molecule has 0 heterocycles. The molecule has 1 aromatic rings. The second-order valence-electron chi connectivity index (χ2n) is 7.27. The molecule has 6 heteroatoms. The average Bonchev–Trinajstić information content (AvgIpc) is 2.69. The first-order chi connectivity index (χ1) is 13.6. The van der Waals surface area contributed by atoms with Crippen molar-refractivity contribution in [3.63, 3.8) is 0 Å². The summed E-state index contributed by atoms with van der Waals surface area (Å²) in [5.74, 6) is -0.547. The van der Waals surface area contributed by atoms with Gasteiger partial charge in [0.05, 0.1) is 0 Å². The number of unbranched alkanes of at least 4 members (excludes halogenated alkanes) is 7. The maximum absolute atomic E-state index is 12.1. The molecule has 0 atom stereocenters. The summed E-state index contributed by atoms with van der Waals surface area (Å²) in [4.78, 5) is 18.1. The second kappa shape index (κ2) is 14.4. The van der Waals surface area contributed by atoms with Gasteiger partial charge in [0, 0.05) is 32.6 Å². The van der Waals surface area contributed by atoms with Crippen LogP contribution in [0.4, 0.5) is 0 Å². The van der Waals surface area contributed by atoms with Crippen LogP contribution in [0.5, 0.6) is 5.75 Å². The number of aliphatic hydroxyl groups is 2. The van der Waals surface area contributed by atoms with E-state index in [1.54, 1.807) is 12.1 Å². The van der Waals surface area contributed by atoms with E-state index in [-0.39, 0.29) is 26.1 Å². The molecule has 1 aromatic carbocycles. The van der Waals surface area contributed by atoms with Gasteiger partial charge in [0.25, 0.3) is 0 Å². The van der Waals surface area contributed by atoms with Crippen molar-refractivity contribution in [2.24, 2.45) is 0 Å². The van der Waals surface area contributed by atoms with Crippen LogP contribution >= 0.6 is 0 Å². The van der Waals surface area contributed by atoms with Crippen LogP contribution in [0, 0.1) is 0 Å². The highest BCUT2D eigenvalue weighted by Gasteiger charge is 2.45. The Hall–Kier alpha value is -1.63. The lowest BCUT2D eigenvalue weighted by Gasteiger charge is -2.39. The van der Waals surface area contributed by atoms with Crippen molar-refractivity contribution in [1.29, 1.82) is 0 Å². The van der Waals surface area contributed by atoms with E-state index in [0.29, 0.717) is 12.3 Å². The molecule has 0 saturated heterocycles. The Kier molecular flexibility index (Phi) is 12.5. The fourth-order valence-corrected chi connectivity index (χ4v) is 3.41. The molecule has 28 heavy (non-hydrogen) atoms. The summed E-state index contributed by atoms with van der Waals surface area (Å²) in [5, 5.41) is 30.3. The van der Waals surface area contributed by atoms with E-state index in [9.17, 15) is 20.1 Å². The molecule has 0 bridgehead atoms. The van der Waals surface area contributed by atoms with Gasteiger partial charge in [0.15, 0.2) is 5.54 Å². The Balaban J connectivity index is 2.75. The first-order valence-electron chi connectivity index (χ1n) is 10.6. The minimum atomic E-state index is -1.46. The third-order valence-corrected chi connectivity index (χ3v) is 5.10. The van der Waals surface area contributed by atoms with E-state index in [0.717, 1.165) is 19.3 Å². The maximum Gasteiger partial charge on any atom is 0.327 e. The first kappa shape index (κ1) is 24.4. The monoisotopic (exact) mass is 395 g/mol. The molecule has 0 fully saturated rings. The van der Waals surface area contributed by atoms with Gasteiger partial charge in [-0.05, 0) is 18.6 Å². The molecule has 0 spiro atoms. The summed E-state index contributed by atoms with van der Waals surface area (Å²) < 4.78 is 0. The molecular formula is C22H37NO5. The summed E-state index contributed by atoms with van der Waals surface area (Å²) in [6.07, 6.45) is 9.11. The summed E-state index contributed by atoms with van der Waals surface area (Å²) in [5.41, 5.74) is -1.46. The quantitative estimate of drug-likeness (QED) is 0.273. The smallest absolute Gasteiger partial charge is 0.327 e. The predicted octanol–water partition coefficient (Wildman–Crippen LogP) is 4.01. The van der Waals surface area contributed by atoms with Crippen LogP contribution in [0.3, 0.4) is 0 Å². The lowest BCUT2D eigenvalue weighted by Crippen LogP contribution is -2.57. The van der Waals surface area contributed by atoms with Crippen LogP contribution in [-0.2, 0) is 4.79 Å². The zero-order valence-electron chi connectivity index (χ0n) is 17.2. The van der Waals surface area contributed by atoms with Gasteiger partial charge in [-0.15, -0.1) is 5.06 Å². The highest BCUT2D eigenvalue weighted by Crippen LogP contribution is 2.27. The van der Waals surface area contributed by atoms with E-state index < -0.39 is 11.5 Å². The Morgan fingerprint density at radius 2 is 1.46 bits per heavy atom. The van der Waals surface area contributed by atoms with Crippen molar-refractivity contribution in [2.45, 2.75) is 76.7 Å². The van der Waals surface area contributed by atoms with Gasteiger partial charge in [-0.2, -0.15) is 0 Å². The van der Waals surface area contributed by atoms with Crippen LogP contribution in [0.1, 0.15) is 71.1 Å². The zero-order valence-corrected chi connectivity index (χ0v) is 17.2. The van der Waals surface area contributed by atoms with Gasteiger partial charge in [-0.1, -0.05) is 70.1 Å². The third kappa shape index (κ3) is 8.17. The normalized spacial score (nSPS) is 11.7. The molecule has 3 N–H and O–H groups in total. The summed E-state index contributed by atoms with van der Waals surface area (Å²) in [6.45, 7) is 2.04. The van der Waals surface area contributed by atoms with Crippen LogP contribution in [0.25, 0.3) is 0 Å². The summed E-state index contributed by atoms with van der Waals surface area (Å²) in [6, 6.07) is 9.05. The number of carbonyl (C=O) groups is 1. The van der Waals surface area contributed by atoms with Gasteiger partial charge in [0.2, 0.25) is 0 Å². The minimum Gasteiger partial charge on any atom is -0.480 e. The standard InChI is InChI=1S/C22H37NO5/c1-2-3-4-5-6-7-8-12-17-23(28-20-13-10-9-11-14-20)22(15-18-24,16-19-25)21(26)27/h9-11,13-14,24-25H,2-8,12,15-19H2,1H3,(H,26,27). The number of benzene rings is 1. The van der Waals surface area contributed by atoms with Gasteiger partial charge < -0.3 is 20.2 Å². The number of hydrogen-bond donors (Lipinski definition) is 3. The van der Waals surface area contributed by atoms with E-state index in [1.807, 2.05) is 18.2 Å². The second-order valence-corrected chi connectivity index (χ2v) is 7.27. The molecule has 160 valence electrons. The number of hydroxylamine groups is 2. The Bertz CT molecular complexity index is 517. The number of rotatable bonds is 17. The van der Waals surface area contributed by atoms with E-state index in [1.165, 1.54) is 37.2 Å². The minimum absolute atomic E-state index is 0.00720. The highest BCUT2D eigenvalue weighted by atomic mass is 16.7. The molecule has 0 amide bonds. The van der Waals surface area contributed by atoms with Crippen molar-refractivity contribution in [1.82, 2.24) is 5.06 Å². The van der Waals surface area contributed by atoms with Crippen molar-refractivity contribution in [3.05, 3.63) is 30.3 Å². The fourth-order valence-electron chi connectivity index (χ4n) is 3.41. The molecule has 1 rings (SSSR count). The number of carboxylic acid groups (broad SMARTS) is 1. The first-order valence-corrected chi connectivity index (χ1v) is 10.6. The van der Waals surface area contributed by atoms with Crippen molar-refractivity contribution in [2.75, 3.05) is 19.8 Å². The van der Waals surface area contributed by atoms with Crippen LogP contribution in [0.15, 0.2) is 30.3 Å². The fraction of sp³-hybridized carbons (Fsp3) is 0.682. The largest absolute Gasteiger partial charge is 0.480 e. The van der Waals surface area contributed by atoms with Crippen molar-refractivity contribution in [3.8, 4) is 5.75 Å². The predicted molar refractivity (Wildman–Crippen MR) is 110 cm³/mol.